The van der Waals surface area contributed by atoms with Gasteiger partial charge in [-0.15, -0.1) is 0 Å². The lowest BCUT2D eigenvalue weighted by Gasteiger charge is -2.09. The van der Waals surface area contributed by atoms with Crippen LogP contribution in [0.5, 0.6) is 17.2 Å². The fourth-order valence-electron chi connectivity index (χ4n) is 2.16. The highest BCUT2D eigenvalue weighted by atomic mass is 35.5. The molecule has 0 unspecified atom stereocenters. The molecule has 120 valence electrons. The predicted octanol–water partition coefficient (Wildman–Crippen LogP) is 5.44. The molecule has 0 aliphatic rings. The van der Waals surface area contributed by atoms with Crippen molar-refractivity contribution in [1.82, 2.24) is 0 Å². The minimum absolute atomic E-state index is 0.434. The van der Waals surface area contributed by atoms with E-state index in [0.717, 1.165) is 11.3 Å². The second-order valence-electron chi connectivity index (χ2n) is 5.15. The maximum Gasteiger partial charge on any atom is 0.252 e. The van der Waals surface area contributed by atoms with Crippen LogP contribution in [0.1, 0.15) is 15.9 Å². The van der Waals surface area contributed by atoms with Gasteiger partial charge in [0.15, 0.2) is 0 Å². The third kappa shape index (κ3) is 4.37. The summed E-state index contributed by atoms with van der Waals surface area (Å²) in [5.74, 6) is 2.01. The zero-order valence-electron chi connectivity index (χ0n) is 12.8. The number of benzene rings is 3. The lowest BCUT2D eigenvalue weighted by Crippen LogP contribution is -1.95. The molecule has 0 saturated heterocycles. The molecule has 0 fully saturated rings. The first kappa shape index (κ1) is 16.1. The average Bonchev–Trinajstić information content (AvgIpc) is 2.62. The van der Waals surface area contributed by atoms with E-state index in [-0.39, 0.29) is 0 Å². The largest absolute Gasteiger partial charge is 0.489 e. The van der Waals surface area contributed by atoms with E-state index in [2.05, 4.69) is 0 Å². The molecule has 0 bridgehead atoms. The number of carbonyl (C=O) groups is 1. The van der Waals surface area contributed by atoms with Crippen molar-refractivity contribution in [3.63, 3.8) is 0 Å². The standard InChI is InChI=1S/C20H15ClO3/c21-20(22)16-9-11-17(12-10-16)24-19-8-4-7-18(13-19)23-14-15-5-2-1-3-6-15/h1-13H,14H2. The lowest BCUT2D eigenvalue weighted by atomic mass is 10.2. The number of hydrogen-bond donors (Lipinski definition) is 0. The molecule has 24 heavy (non-hydrogen) atoms. The minimum atomic E-state index is -0.488. The first-order valence-electron chi connectivity index (χ1n) is 7.45. The molecule has 0 amide bonds. The molecule has 0 aliphatic carbocycles. The number of rotatable bonds is 6. The molecule has 4 heteroatoms. The molecular formula is C20H15ClO3. The molecule has 0 aromatic heterocycles. The highest BCUT2D eigenvalue weighted by molar-refractivity contribution is 6.67. The van der Waals surface area contributed by atoms with E-state index >= 15 is 0 Å². The molecule has 0 atom stereocenters. The normalized spacial score (nSPS) is 10.2. The van der Waals surface area contributed by atoms with Gasteiger partial charge in [0, 0.05) is 11.6 Å². The molecule has 0 heterocycles. The van der Waals surface area contributed by atoms with Crippen LogP contribution in [-0.4, -0.2) is 5.24 Å². The summed E-state index contributed by atoms with van der Waals surface area (Å²) in [4.78, 5) is 11.1. The van der Waals surface area contributed by atoms with Crippen LogP contribution in [0.4, 0.5) is 0 Å². The number of hydrogen-bond acceptors (Lipinski definition) is 3. The Morgan fingerprint density at radius 3 is 2.21 bits per heavy atom. The molecule has 0 N–H and O–H groups in total. The molecule has 0 spiro atoms. The number of carbonyl (C=O) groups excluding carboxylic acids is 1. The van der Waals surface area contributed by atoms with Crippen molar-refractivity contribution in [3.05, 3.63) is 90.0 Å². The van der Waals surface area contributed by atoms with Crippen LogP contribution < -0.4 is 9.47 Å². The van der Waals surface area contributed by atoms with E-state index in [4.69, 9.17) is 21.1 Å². The van der Waals surface area contributed by atoms with Gasteiger partial charge < -0.3 is 9.47 Å². The Kier molecular flexibility index (Phi) is 5.14. The van der Waals surface area contributed by atoms with Gasteiger partial charge in [0.1, 0.15) is 23.9 Å². The quantitative estimate of drug-likeness (QED) is 0.562. The Morgan fingerprint density at radius 1 is 0.792 bits per heavy atom. The molecule has 3 rings (SSSR count). The predicted molar refractivity (Wildman–Crippen MR) is 93.9 cm³/mol. The topological polar surface area (TPSA) is 35.5 Å². The zero-order chi connectivity index (χ0) is 16.8. The van der Waals surface area contributed by atoms with Gasteiger partial charge in [-0.1, -0.05) is 36.4 Å². The summed E-state index contributed by atoms with van der Waals surface area (Å²) < 4.78 is 11.6. The van der Waals surface area contributed by atoms with Crippen molar-refractivity contribution in [2.24, 2.45) is 0 Å². The SMILES string of the molecule is O=C(Cl)c1ccc(Oc2cccc(OCc3ccccc3)c2)cc1. The highest BCUT2D eigenvalue weighted by Crippen LogP contribution is 2.26. The van der Waals surface area contributed by atoms with Crippen molar-refractivity contribution < 1.29 is 14.3 Å². The van der Waals surface area contributed by atoms with Crippen molar-refractivity contribution in [1.29, 1.82) is 0 Å². The summed E-state index contributed by atoms with van der Waals surface area (Å²) >= 11 is 5.43. The van der Waals surface area contributed by atoms with E-state index in [1.54, 1.807) is 24.3 Å². The minimum Gasteiger partial charge on any atom is -0.489 e. The summed E-state index contributed by atoms with van der Waals surface area (Å²) in [6.07, 6.45) is 0. The smallest absolute Gasteiger partial charge is 0.252 e. The van der Waals surface area contributed by atoms with Crippen LogP contribution >= 0.6 is 11.6 Å². The van der Waals surface area contributed by atoms with E-state index in [1.807, 2.05) is 54.6 Å². The van der Waals surface area contributed by atoms with E-state index in [1.165, 1.54) is 0 Å². The summed E-state index contributed by atoms with van der Waals surface area (Å²) in [6.45, 7) is 0.497. The van der Waals surface area contributed by atoms with Gasteiger partial charge in [0.2, 0.25) is 0 Å². The van der Waals surface area contributed by atoms with Gasteiger partial charge in [-0.2, -0.15) is 0 Å². The Balaban J connectivity index is 1.65. The van der Waals surface area contributed by atoms with Crippen LogP contribution in [0, 0.1) is 0 Å². The Hall–Kier alpha value is -2.78. The molecule has 0 aliphatic heterocycles. The monoisotopic (exact) mass is 338 g/mol. The average molecular weight is 339 g/mol. The Labute approximate surface area is 145 Å². The lowest BCUT2D eigenvalue weighted by molar-refractivity contribution is 0.108. The van der Waals surface area contributed by atoms with E-state index < -0.39 is 5.24 Å². The Bertz CT molecular complexity index is 814. The zero-order valence-corrected chi connectivity index (χ0v) is 13.6. The van der Waals surface area contributed by atoms with Crippen LogP contribution in [0.3, 0.4) is 0 Å². The Morgan fingerprint density at radius 2 is 1.50 bits per heavy atom. The third-order valence-corrected chi connectivity index (χ3v) is 3.59. The third-order valence-electron chi connectivity index (χ3n) is 3.37. The van der Waals surface area contributed by atoms with Crippen molar-refractivity contribution >= 4 is 16.8 Å². The van der Waals surface area contributed by atoms with Gasteiger partial charge in [-0.05, 0) is 53.6 Å². The maximum atomic E-state index is 11.1. The molecular weight excluding hydrogens is 324 g/mol. The summed E-state index contributed by atoms with van der Waals surface area (Å²) in [6, 6.07) is 24.0. The van der Waals surface area contributed by atoms with Gasteiger partial charge >= 0.3 is 0 Å². The molecule has 0 radical (unpaired) electrons. The maximum absolute atomic E-state index is 11.1. The van der Waals surface area contributed by atoms with Gasteiger partial charge in [0.25, 0.3) is 5.24 Å². The number of halogens is 1. The van der Waals surface area contributed by atoms with Crippen molar-refractivity contribution in [2.45, 2.75) is 6.61 Å². The summed E-state index contributed by atoms with van der Waals surface area (Å²) in [5, 5.41) is -0.488. The summed E-state index contributed by atoms with van der Waals surface area (Å²) in [7, 11) is 0. The molecule has 3 aromatic rings. The summed E-state index contributed by atoms with van der Waals surface area (Å²) in [5.41, 5.74) is 1.54. The first-order valence-corrected chi connectivity index (χ1v) is 7.83. The fraction of sp³-hybridized carbons (Fsp3) is 0.0500. The fourth-order valence-corrected chi connectivity index (χ4v) is 2.28. The van der Waals surface area contributed by atoms with Crippen LogP contribution in [-0.2, 0) is 6.61 Å². The second kappa shape index (κ2) is 7.66. The van der Waals surface area contributed by atoms with Gasteiger partial charge in [-0.3, -0.25) is 4.79 Å². The van der Waals surface area contributed by atoms with Crippen LogP contribution in [0.15, 0.2) is 78.9 Å². The van der Waals surface area contributed by atoms with Crippen LogP contribution in [0.25, 0.3) is 0 Å². The van der Waals surface area contributed by atoms with E-state index in [0.29, 0.717) is 23.7 Å². The van der Waals surface area contributed by atoms with Crippen LogP contribution in [0.2, 0.25) is 0 Å². The van der Waals surface area contributed by atoms with Gasteiger partial charge in [-0.25, -0.2) is 0 Å². The molecule has 0 saturated carbocycles. The second-order valence-corrected chi connectivity index (χ2v) is 5.49. The molecule has 3 nitrogen and oxygen atoms in total. The van der Waals surface area contributed by atoms with E-state index in [9.17, 15) is 4.79 Å². The van der Waals surface area contributed by atoms with Crippen molar-refractivity contribution in [2.75, 3.05) is 0 Å². The molecule has 3 aromatic carbocycles. The highest BCUT2D eigenvalue weighted by Gasteiger charge is 2.04. The van der Waals surface area contributed by atoms with Gasteiger partial charge in [0.05, 0.1) is 0 Å². The van der Waals surface area contributed by atoms with Crippen molar-refractivity contribution in [3.8, 4) is 17.2 Å². The first-order chi connectivity index (χ1) is 11.7. The number of ether oxygens (including phenoxy) is 2.